The van der Waals surface area contributed by atoms with Gasteiger partial charge < -0.3 is 24.8 Å². The Morgan fingerprint density at radius 2 is 1.75 bits per heavy atom. The molecule has 36 heavy (non-hydrogen) atoms. The number of carbonyl (C=O) groups is 1. The van der Waals surface area contributed by atoms with E-state index >= 15 is 0 Å². The number of benzene rings is 2. The number of carbonyl (C=O) groups excluding carboxylic acids is 1. The molecule has 2 atom stereocenters. The molecule has 4 rings (SSSR count). The van der Waals surface area contributed by atoms with Crippen molar-refractivity contribution in [3.05, 3.63) is 57.7 Å². The third kappa shape index (κ3) is 4.85. The predicted octanol–water partition coefficient (Wildman–Crippen LogP) is 6.13. The van der Waals surface area contributed by atoms with Crippen LogP contribution in [0.3, 0.4) is 0 Å². The molecule has 2 N–H and O–H groups in total. The largest absolute Gasteiger partial charge is 0.497 e. The molecule has 0 saturated carbocycles. The average Bonchev–Trinajstić information content (AvgIpc) is 3.20. The first kappa shape index (κ1) is 25.8. The lowest BCUT2D eigenvalue weighted by Crippen LogP contribution is -2.35. The number of amides is 1. The van der Waals surface area contributed by atoms with Crippen LogP contribution in [0, 0.1) is 0 Å². The summed E-state index contributed by atoms with van der Waals surface area (Å²) in [5.41, 5.74) is 0.375. The Kier molecular flexibility index (Phi) is 7.14. The smallest absolute Gasteiger partial charge is 0.410 e. The third-order valence-corrected chi connectivity index (χ3v) is 6.40. The van der Waals surface area contributed by atoms with Crippen LogP contribution in [0.4, 0.5) is 24.7 Å². The van der Waals surface area contributed by atoms with E-state index in [9.17, 15) is 18.0 Å². The van der Waals surface area contributed by atoms with Gasteiger partial charge in [-0.05, 0) is 17.7 Å². The number of rotatable bonds is 6. The normalized spacial score (nSPS) is 17.1. The zero-order valence-electron chi connectivity index (χ0n) is 19.2. The van der Waals surface area contributed by atoms with Crippen molar-refractivity contribution >= 4 is 40.6 Å². The van der Waals surface area contributed by atoms with E-state index in [1.807, 2.05) is 0 Å². The lowest BCUT2D eigenvalue weighted by molar-refractivity contribution is -0.173. The highest BCUT2D eigenvalue weighted by molar-refractivity contribution is 6.36. The summed E-state index contributed by atoms with van der Waals surface area (Å²) in [4.78, 5) is 13.1. The van der Waals surface area contributed by atoms with Gasteiger partial charge in [-0.2, -0.15) is 18.3 Å². The Balaban J connectivity index is 1.70. The maximum absolute atomic E-state index is 14.0. The van der Waals surface area contributed by atoms with Gasteiger partial charge in [0.25, 0.3) is 5.91 Å². The Morgan fingerprint density at radius 3 is 2.33 bits per heavy atom. The van der Waals surface area contributed by atoms with E-state index in [0.29, 0.717) is 16.0 Å². The lowest BCUT2D eigenvalue weighted by atomic mass is 9.97. The lowest BCUT2D eigenvalue weighted by Gasteiger charge is -2.33. The molecule has 0 fully saturated rings. The van der Waals surface area contributed by atoms with Crippen LogP contribution in [-0.2, 0) is 0 Å². The van der Waals surface area contributed by atoms with E-state index in [1.54, 1.807) is 24.3 Å². The second kappa shape index (κ2) is 9.98. The first-order valence-corrected chi connectivity index (χ1v) is 11.3. The SMILES string of the molecule is COc1ccc([C@H]2C[C@@H](C(F)(F)F)n3nc(C(=O)Nc4cc(OC)c(Cl)cc4OC)c(Cl)c3N2)cc1. The summed E-state index contributed by atoms with van der Waals surface area (Å²) >= 11 is 12.5. The monoisotopic (exact) mass is 544 g/mol. The summed E-state index contributed by atoms with van der Waals surface area (Å²) in [6.07, 6.45) is -5.00. The number of nitrogens with zero attached hydrogens (tertiary/aromatic N) is 2. The molecule has 192 valence electrons. The van der Waals surface area contributed by atoms with Crippen LogP contribution in [-0.4, -0.2) is 43.2 Å². The summed E-state index contributed by atoms with van der Waals surface area (Å²) in [5, 5.41) is 9.47. The maximum Gasteiger partial charge on any atom is 0.410 e. The van der Waals surface area contributed by atoms with Gasteiger partial charge in [-0.3, -0.25) is 4.79 Å². The highest BCUT2D eigenvalue weighted by atomic mass is 35.5. The highest BCUT2D eigenvalue weighted by Crippen LogP contribution is 2.46. The molecule has 1 aromatic heterocycles. The maximum atomic E-state index is 14.0. The quantitative estimate of drug-likeness (QED) is 0.388. The van der Waals surface area contributed by atoms with Gasteiger partial charge in [-0.1, -0.05) is 35.3 Å². The standard InChI is InChI=1S/C23H21Cl2F3N4O4/c1-34-12-6-4-11(5-7-12)14-10-18(23(26,27)28)32-21(29-14)19(25)20(31-32)22(33)30-15-9-16(35-2)13(24)8-17(15)36-3/h4-9,14,18,29H,10H2,1-3H3,(H,30,33)/t14-,18+/m1/s1. The van der Waals surface area contributed by atoms with E-state index in [2.05, 4.69) is 15.7 Å². The summed E-state index contributed by atoms with van der Waals surface area (Å²) in [5.74, 6) is 0.0765. The van der Waals surface area contributed by atoms with E-state index in [0.717, 1.165) is 0 Å². The van der Waals surface area contributed by atoms with E-state index in [4.69, 9.17) is 37.4 Å². The van der Waals surface area contributed by atoms with Gasteiger partial charge >= 0.3 is 6.18 Å². The molecule has 3 aromatic rings. The molecule has 0 spiro atoms. The summed E-state index contributed by atoms with van der Waals surface area (Å²) in [6, 6.07) is 6.73. The van der Waals surface area contributed by atoms with Gasteiger partial charge in [0.2, 0.25) is 0 Å². The van der Waals surface area contributed by atoms with Crippen molar-refractivity contribution in [2.24, 2.45) is 0 Å². The molecule has 2 heterocycles. The second-order valence-electron chi connectivity index (χ2n) is 7.86. The number of fused-ring (bicyclic) bond motifs is 1. The molecular weight excluding hydrogens is 524 g/mol. The fourth-order valence-corrected chi connectivity index (χ4v) is 4.42. The molecule has 0 saturated heterocycles. The molecule has 1 aliphatic rings. The average molecular weight is 545 g/mol. The first-order valence-electron chi connectivity index (χ1n) is 10.6. The van der Waals surface area contributed by atoms with Crippen LogP contribution >= 0.6 is 23.2 Å². The molecule has 0 unspecified atom stereocenters. The number of halogens is 5. The molecule has 0 radical (unpaired) electrons. The highest BCUT2D eigenvalue weighted by Gasteiger charge is 2.48. The summed E-state index contributed by atoms with van der Waals surface area (Å²) < 4.78 is 58.3. The summed E-state index contributed by atoms with van der Waals surface area (Å²) in [6.45, 7) is 0. The van der Waals surface area contributed by atoms with Crippen molar-refractivity contribution in [2.45, 2.75) is 24.7 Å². The Morgan fingerprint density at radius 1 is 1.08 bits per heavy atom. The zero-order valence-corrected chi connectivity index (χ0v) is 20.8. The molecular formula is C23H21Cl2F3N4O4. The van der Waals surface area contributed by atoms with Crippen LogP contribution in [0.5, 0.6) is 17.2 Å². The van der Waals surface area contributed by atoms with E-state index in [-0.39, 0.29) is 45.2 Å². The van der Waals surface area contributed by atoms with Gasteiger partial charge in [0.15, 0.2) is 11.7 Å². The number of alkyl halides is 3. The molecule has 0 bridgehead atoms. The Bertz CT molecular complexity index is 1280. The van der Waals surface area contributed by atoms with Gasteiger partial charge in [0.1, 0.15) is 28.1 Å². The van der Waals surface area contributed by atoms with Crippen LogP contribution < -0.4 is 24.8 Å². The van der Waals surface area contributed by atoms with Crippen molar-refractivity contribution < 1.29 is 32.2 Å². The minimum absolute atomic E-state index is 0.114. The van der Waals surface area contributed by atoms with Crippen LogP contribution in [0.1, 0.15) is 34.6 Å². The fourth-order valence-electron chi connectivity index (χ4n) is 3.93. The van der Waals surface area contributed by atoms with E-state index in [1.165, 1.54) is 33.5 Å². The van der Waals surface area contributed by atoms with Crippen LogP contribution in [0.2, 0.25) is 10.0 Å². The number of hydrogen-bond donors (Lipinski definition) is 2. The molecule has 13 heteroatoms. The van der Waals surface area contributed by atoms with Crippen LogP contribution in [0.15, 0.2) is 36.4 Å². The third-order valence-electron chi connectivity index (χ3n) is 5.75. The topological polar surface area (TPSA) is 86.6 Å². The first-order chi connectivity index (χ1) is 17.1. The minimum Gasteiger partial charge on any atom is -0.497 e. The molecule has 8 nitrogen and oxygen atoms in total. The van der Waals surface area contributed by atoms with Crippen LogP contribution in [0.25, 0.3) is 0 Å². The Hall–Kier alpha value is -3.31. The van der Waals surface area contributed by atoms with Gasteiger partial charge in [-0.25, -0.2) is 4.68 Å². The number of hydrogen-bond acceptors (Lipinski definition) is 6. The van der Waals surface area contributed by atoms with Crippen molar-refractivity contribution in [1.82, 2.24) is 9.78 Å². The van der Waals surface area contributed by atoms with Crippen molar-refractivity contribution in [3.8, 4) is 17.2 Å². The Labute approximate surface area is 214 Å². The minimum atomic E-state index is -4.64. The van der Waals surface area contributed by atoms with Gasteiger partial charge in [-0.15, -0.1) is 0 Å². The van der Waals surface area contributed by atoms with Crippen molar-refractivity contribution in [3.63, 3.8) is 0 Å². The number of ether oxygens (including phenoxy) is 3. The number of aromatic nitrogens is 2. The molecule has 1 amide bonds. The second-order valence-corrected chi connectivity index (χ2v) is 8.65. The summed E-state index contributed by atoms with van der Waals surface area (Å²) in [7, 11) is 4.25. The van der Waals surface area contributed by atoms with Crippen molar-refractivity contribution in [2.75, 3.05) is 32.0 Å². The van der Waals surface area contributed by atoms with Gasteiger partial charge in [0, 0.05) is 18.6 Å². The molecule has 0 aliphatic carbocycles. The predicted molar refractivity (Wildman–Crippen MR) is 129 cm³/mol. The van der Waals surface area contributed by atoms with E-state index < -0.39 is 24.2 Å². The number of methoxy groups -OCH3 is 3. The molecule has 1 aliphatic heterocycles. The number of anilines is 2. The number of nitrogens with one attached hydrogen (secondary N) is 2. The molecule has 2 aromatic carbocycles. The fraction of sp³-hybridized carbons (Fsp3) is 0.304. The van der Waals surface area contributed by atoms with Crippen molar-refractivity contribution in [1.29, 1.82) is 0 Å². The zero-order chi connectivity index (χ0) is 26.2. The van der Waals surface area contributed by atoms with Gasteiger partial charge in [0.05, 0.1) is 38.1 Å².